The predicted octanol–water partition coefficient (Wildman–Crippen LogP) is 4.20. The van der Waals surface area contributed by atoms with Gasteiger partial charge in [-0.1, -0.05) is 49.2 Å². The van der Waals surface area contributed by atoms with Gasteiger partial charge in [-0.05, 0) is 43.0 Å². The van der Waals surface area contributed by atoms with Gasteiger partial charge in [-0.2, -0.15) is 0 Å². The van der Waals surface area contributed by atoms with Crippen LogP contribution in [-0.2, 0) is 5.54 Å². The van der Waals surface area contributed by atoms with Crippen LogP contribution in [0.25, 0.3) is 0 Å². The van der Waals surface area contributed by atoms with Crippen molar-refractivity contribution >= 4 is 24.0 Å². The average molecular weight is 331 g/mol. The molecule has 0 heterocycles. The molecule has 1 aliphatic rings. The third-order valence-corrected chi connectivity index (χ3v) is 4.64. The first-order chi connectivity index (χ1) is 10.6. The molecule has 1 amide bonds. The summed E-state index contributed by atoms with van der Waals surface area (Å²) in [5.74, 6) is -0.0319. The number of hydrogen-bond acceptors (Lipinski definition) is 2. The lowest BCUT2D eigenvalue weighted by atomic mass is 9.87. The Morgan fingerprint density at radius 1 is 1.09 bits per heavy atom. The molecule has 1 aliphatic carbocycles. The summed E-state index contributed by atoms with van der Waals surface area (Å²) in [4.78, 5) is 12.8. The van der Waals surface area contributed by atoms with Crippen LogP contribution >= 0.6 is 12.4 Å². The zero-order chi connectivity index (χ0) is 15.6. The molecule has 0 spiro atoms. The quantitative estimate of drug-likeness (QED) is 0.829. The fraction of sp³-hybridized carbons (Fsp3) is 0.316. The van der Waals surface area contributed by atoms with Crippen molar-refractivity contribution in [3.63, 3.8) is 0 Å². The molecule has 2 aromatic carbocycles. The number of nitrogen functional groups attached to an aromatic ring is 1. The van der Waals surface area contributed by atoms with Gasteiger partial charge in [0.15, 0.2) is 0 Å². The Kier molecular flexibility index (Phi) is 5.32. The minimum atomic E-state index is -0.241. The van der Waals surface area contributed by atoms with Gasteiger partial charge < -0.3 is 11.1 Å². The number of halogens is 1. The molecule has 4 heteroatoms. The fourth-order valence-electron chi connectivity index (χ4n) is 3.39. The van der Waals surface area contributed by atoms with Crippen LogP contribution in [0.1, 0.15) is 47.2 Å². The Hall–Kier alpha value is -2.00. The summed E-state index contributed by atoms with van der Waals surface area (Å²) in [6.07, 6.45) is 4.27. The molecular weight excluding hydrogens is 308 g/mol. The molecule has 0 saturated heterocycles. The van der Waals surface area contributed by atoms with Crippen LogP contribution in [0, 0.1) is 6.92 Å². The average Bonchev–Trinajstić information content (AvgIpc) is 3.00. The third kappa shape index (κ3) is 3.50. The highest BCUT2D eigenvalue weighted by Crippen LogP contribution is 2.39. The maximum absolute atomic E-state index is 12.8. The van der Waals surface area contributed by atoms with E-state index in [2.05, 4.69) is 17.4 Å². The number of benzene rings is 2. The summed E-state index contributed by atoms with van der Waals surface area (Å²) in [7, 11) is 0. The Morgan fingerprint density at radius 3 is 2.39 bits per heavy atom. The molecule has 122 valence electrons. The molecule has 3 rings (SSSR count). The largest absolute Gasteiger partial charge is 0.399 e. The normalized spacial score (nSPS) is 15.7. The van der Waals surface area contributed by atoms with Crippen LogP contribution in [0.2, 0.25) is 0 Å². The van der Waals surface area contributed by atoms with Crippen LogP contribution < -0.4 is 11.1 Å². The van der Waals surface area contributed by atoms with Crippen LogP contribution in [-0.4, -0.2) is 5.91 Å². The van der Waals surface area contributed by atoms with Crippen molar-refractivity contribution in [2.24, 2.45) is 0 Å². The van der Waals surface area contributed by atoms with Crippen LogP contribution in [0.4, 0.5) is 5.69 Å². The Labute approximate surface area is 143 Å². The molecule has 0 bridgehead atoms. The van der Waals surface area contributed by atoms with Gasteiger partial charge in [-0.3, -0.25) is 4.79 Å². The molecule has 23 heavy (non-hydrogen) atoms. The highest BCUT2D eigenvalue weighted by molar-refractivity contribution is 5.97. The van der Waals surface area contributed by atoms with Gasteiger partial charge in [0.2, 0.25) is 0 Å². The smallest absolute Gasteiger partial charge is 0.252 e. The number of hydrogen-bond donors (Lipinski definition) is 2. The topological polar surface area (TPSA) is 55.1 Å². The van der Waals surface area contributed by atoms with Crippen molar-refractivity contribution < 1.29 is 4.79 Å². The number of rotatable bonds is 3. The summed E-state index contributed by atoms with van der Waals surface area (Å²) in [5.41, 5.74) is 9.04. The van der Waals surface area contributed by atoms with E-state index in [0.29, 0.717) is 11.3 Å². The van der Waals surface area contributed by atoms with Gasteiger partial charge in [-0.15, -0.1) is 12.4 Å². The lowest BCUT2D eigenvalue weighted by molar-refractivity contribution is 0.0897. The number of amides is 1. The summed E-state index contributed by atoms with van der Waals surface area (Å²) in [6.45, 7) is 1.94. The molecule has 0 unspecified atom stereocenters. The van der Waals surface area contributed by atoms with E-state index in [9.17, 15) is 4.79 Å². The Balaban J connectivity index is 0.00000192. The molecule has 0 radical (unpaired) electrons. The van der Waals surface area contributed by atoms with E-state index in [-0.39, 0.29) is 23.9 Å². The van der Waals surface area contributed by atoms with Crippen molar-refractivity contribution in [2.45, 2.75) is 38.1 Å². The van der Waals surface area contributed by atoms with Gasteiger partial charge in [0.25, 0.3) is 5.91 Å². The van der Waals surface area contributed by atoms with Gasteiger partial charge in [-0.25, -0.2) is 0 Å². The van der Waals surface area contributed by atoms with Gasteiger partial charge in [0, 0.05) is 11.3 Å². The van der Waals surface area contributed by atoms with E-state index in [1.165, 1.54) is 5.56 Å². The number of nitrogens with one attached hydrogen (secondary N) is 1. The summed E-state index contributed by atoms with van der Waals surface area (Å²) in [5, 5.41) is 3.30. The minimum Gasteiger partial charge on any atom is -0.399 e. The maximum atomic E-state index is 12.8. The van der Waals surface area contributed by atoms with Crippen LogP contribution in [0.5, 0.6) is 0 Å². The Morgan fingerprint density at radius 2 is 1.74 bits per heavy atom. The molecule has 1 saturated carbocycles. The minimum absolute atomic E-state index is 0. The van der Waals surface area contributed by atoms with Crippen molar-refractivity contribution in [3.8, 4) is 0 Å². The van der Waals surface area contributed by atoms with E-state index < -0.39 is 0 Å². The second kappa shape index (κ2) is 7.05. The first-order valence-corrected chi connectivity index (χ1v) is 7.85. The van der Waals surface area contributed by atoms with E-state index in [4.69, 9.17) is 5.73 Å². The number of aryl methyl sites for hydroxylation is 1. The van der Waals surface area contributed by atoms with Crippen molar-refractivity contribution in [1.82, 2.24) is 5.32 Å². The van der Waals surface area contributed by atoms with E-state index in [1.807, 2.05) is 37.3 Å². The molecule has 3 nitrogen and oxygen atoms in total. The highest BCUT2D eigenvalue weighted by atomic mass is 35.5. The lowest BCUT2D eigenvalue weighted by Gasteiger charge is -2.31. The second-order valence-corrected chi connectivity index (χ2v) is 6.18. The van der Waals surface area contributed by atoms with Crippen molar-refractivity contribution in [1.29, 1.82) is 0 Å². The standard InChI is InChI=1S/C19H22N2O.ClH/c1-14-9-10-16(20)13-17(14)18(22)21-19(11-5-6-12-19)15-7-3-2-4-8-15;/h2-4,7-10,13H,5-6,11-12,20H2,1H3,(H,21,22);1H. The zero-order valence-corrected chi connectivity index (χ0v) is 14.2. The molecule has 2 aromatic rings. The SMILES string of the molecule is Cc1ccc(N)cc1C(=O)NC1(c2ccccc2)CCCC1.Cl. The van der Waals surface area contributed by atoms with Gasteiger partial charge in [0.1, 0.15) is 0 Å². The summed E-state index contributed by atoms with van der Waals surface area (Å²) < 4.78 is 0. The summed E-state index contributed by atoms with van der Waals surface area (Å²) >= 11 is 0. The fourth-order valence-corrected chi connectivity index (χ4v) is 3.39. The third-order valence-electron chi connectivity index (χ3n) is 4.64. The number of nitrogens with two attached hydrogens (primary N) is 1. The molecular formula is C19H23ClN2O. The van der Waals surface area contributed by atoms with Gasteiger partial charge in [0.05, 0.1) is 5.54 Å². The van der Waals surface area contributed by atoms with Gasteiger partial charge >= 0.3 is 0 Å². The van der Waals surface area contributed by atoms with E-state index >= 15 is 0 Å². The lowest BCUT2D eigenvalue weighted by Crippen LogP contribution is -2.44. The molecule has 3 N–H and O–H groups in total. The predicted molar refractivity (Wildman–Crippen MR) is 96.9 cm³/mol. The molecule has 0 aromatic heterocycles. The highest BCUT2D eigenvalue weighted by Gasteiger charge is 2.37. The van der Waals surface area contributed by atoms with Crippen molar-refractivity contribution in [2.75, 3.05) is 5.73 Å². The van der Waals surface area contributed by atoms with E-state index in [0.717, 1.165) is 31.2 Å². The first kappa shape index (κ1) is 17.4. The monoisotopic (exact) mass is 330 g/mol. The molecule has 0 atom stereocenters. The molecule has 1 fully saturated rings. The summed E-state index contributed by atoms with van der Waals surface area (Å²) in [6, 6.07) is 15.8. The second-order valence-electron chi connectivity index (χ2n) is 6.18. The van der Waals surface area contributed by atoms with E-state index in [1.54, 1.807) is 6.07 Å². The van der Waals surface area contributed by atoms with Crippen molar-refractivity contribution in [3.05, 3.63) is 65.2 Å². The first-order valence-electron chi connectivity index (χ1n) is 7.85. The molecule has 0 aliphatic heterocycles. The number of anilines is 1. The number of carbonyl (C=O) groups is 1. The van der Waals surface area contributed by atoms with Crippen LogP contribution in [0.3, 0.4) is 0 Å². The van der Waals surface area contributed by atoms with Crippen LogP contribution in [0.15, 0.2) is 48.5 Å². The Bertz CT molecular complexity index is 679. The zero-order valence-electron chi connectivity index (χ0n) is 13.3. The maximum Gasteiger partial charge on any atom is 0.252 e. The number of carbonyl (C=O) groups excluding carboxylic acids is 1.